The van der Waals surface area contributed by atoms with Crippen molar-refractivity contribution in [2.45, 2.75) is 6.42 Å². The SMILES string of the molecule is NC(=O)c1cc(Cc2c(N)ccc(Cl)c2Cl)ccn1. The van der Waals surface area contributed by atoms with Crippen LogP contribution in [0.25, 0.3) is 0 Å². The van der Waals surface area contributed by atoms with Crippen LogP contribution in [0.15, 0.2) is 30.5 Å². The molecular weight excluding hydrogens is 285 g/mol. The molecule has 1 heterocycles. The van der Waals surface area contributed by atoms with Crippen LogP contribution in [-0.2, 0) is 6.42 Å². The van der Waals surface area contributed by atoms with Crippen LogP contribution in [0.2, 0.25) is 10.0 Å². The van der Waals surface area contributed by atoms with Crippen LogP contribution in [-0.4, -0.2) is 10.9 Å². The van der Waals surface area contributed by atoms with Gasteiger partial charge in [0.05, 0.1) is 10.0 Å². The molecule has 0 atom stereocenters. The second-order valence-corrected chi connectivity index (χ2v) is 4.80. The fraction of sp³-hybridized carbons (Fsp3) is 0.0769. The third-order valence-corrected chi connectivity index (χ3v) is 3.53. The van der Waals surface area contributed by atoms with Gasteiger partial charge >= 0.3 is 0 Å². The number of nitrogens with two attached hydrogens (primary N) is 2. The summed E-state index contributed by atoms with van der Waals surface area (Å²) in [6, 6.07) is 6.71. The number of pyridine rings is 1. The molecule has 0 saturated carbocycles. The minimum absolute atomic E-state index is 0.203. The zero-order valence-corrected chi connectivity index (χ0v) is 11.4. The first-order valence-corrected chi connectivity index (χ1v) is 6.21. The van der Waals surface area contributed by atoms with Gasteiger partial charge < -0.3 is 11.5 Å². The molecule has 4 N–H and O–H groups in total. The van der Waals surface area contributed by atoms with Gasteiger partial charge in [0.15, 0.2) is 0 Å². The van der Waals surface area contributed by atoms with Crippen LogP contribution in [0.3, 0.4) is 0 Å². The van der Waals surface area contributed by atoms with Crippen molar-refractivity contribution in [1.82, 2.24) is 4.98 Å². The molecule has 1 aromatic carbocycles. The summed E-state index contributed by atoms with van der Waals surface area (Å²) >= 11 is 12.1. The molecule has 19 heavy (non-hydrogen) atoms. The normalized spacial score (nSPS) is 10.4. The topological polar surface area (TPSA) is 82.0 Å². The number of carbonyl (C=O) groups is 1. The Kier molecular flexibility index (Phi) is 3.93. The molecular formula is C13H11Cl2N3O. The van der Waals surface area contributed by atoms with Crippen LogP contribution in [0, 0.1) is 0 Å². The molecule has 98 valence electrons. The first-order valence-electron chi connectivity index (χ1n) is 5.46. The van der Waals surface area contributed by atoms with Gasteiger partial charge in [-0.1, -0.05) is 23.2 Å². The van der Waals surface area contributed by atoms with Crippen molar-refractivity contribution >= 4 is 34.8 Å². The second-order valence-electron chi connectivity index (χ2n) is 4.02. The Morgan fingerprint density at radius 3 is 2.68 bits per heavy atom. The van der Waals surface area contributed by atoms with Crippen molar-refractivity contribution in [2.75, 3.05) is 5.73 Å². The zero-order valence-electron chi connectivity index (χ0n) is 9.86. The number of halogens is 2. The van der Waals surface area contributed by atoms with E-state index in [4.69, 9.17) is 34.7 Å². The lowest BCUT2D eigenvalue weighted by Gasteiger charge is -2.10. The minimum atomic E-state index is -0.577. The van der Waals surface area contributed by atoms with Crippen LogP contribution in [0.5, 0.6) is 0 Å². The lowest BCUT2D eigenvalue weighted by atomic mass is 10.0. The van der Waals surface area contributed by atoms with Gasteiger partial charge in [0.2, 0.25) is 0 Å². The summed E-state index contributed by atoms with van der Waals surface area (Å²) in [5.41, 5.74) is 13.4. The number of aromatic nitrogens is 1. The highest BCUT2D eigenvalue weighted by Crippen LogP contribution is 2.31. The predicted octanol–water partition coefficient (Wildman–Crippen LogP) is 2.66. The molecule has 0 radical (unpaired) electrons. The van der Waals surface area contributed by atoms with E-state index in [0.29, 0.717) is 22.2 Å². The van der Waals surface area contributed by atoms with Crippen LogP contribution < -0.4 is 11.5 Å². The first kappa shape index (κ1) is 13.6. The average Bonchev–Trinajstić information content (AvgIpc) is 2.39. The Hall–Kier alpha value is -1.78. The number of primary amides is 1. The van der Waals surface area contributed by atoms with Gasteiger partial charge in [0.25, 0.3) is 5.91 Å². The highest BCUT2D eigenvalue weighted by molar-refractivity contribution is 6.42. The Balaban J connectivity index is 2.39. The molecule has 2 aromatic rings. The fourth-order valence-electron chi connectivity index (χ4n) is 1.71. The number of benzene rings is 1. The smallest absolute Gasteiger partial charge is 0.267 e. The summed E-state index contributed by atoms with van der Waals surface area (Å²) in [5.74, 6) is -0.577. The standard InChI is InChI=1S/C13H11Cl2N3O/c14-9-1-2-10(16)8(12(9)15)5-7-3-4-18-11(6-7)13(17)19/h1-4,6H,5,16H2,(H2,17,19). The Morgan fingerprint density at radius 1 is 1.26 bits per heavy atom. The summed E-state index contributed by atoms with van der Waals surface area (Å²) in [5, 5.41) is 0.856. The summed E-state index contributed by atoms with van der Waals surface area (Å²) in [4.78, 5) is 15.0. The Morgan fingerprint density at radius 2 is 2.00 bits per heavy atom. The lowest BCUT2D eigenvalue weighted by molar-refractivity contribution is 0.0995. The van der Waals surface area contributed by atoms with E-state index in [0.717, 1.165) is 11.1 Å². The van der Waals surface area contributed by atoms with E-state index in [1.165, 1.54) is 6.20 Å². The maximum atomic E-state index is 11.1. The van der Waals surface area contributed by atoms with Crippen molar-refractivity contribution in [3.63, 3.8) is 0 Å². The van der Waals surface area contributed by atoms with Gasteiger partial charge in [-0.15, -0.1) is 0 Å². The summed E-state index contributed by atoms with van der Waals surface area (Å²) in [6.45, 7) is 0. The van der Waals surface area contributed by atoms with E-state index >= 15 is 0 Å². The molecule has 6 heteroatoms. The maximum Gasteiger partial charge on any atom is 0.267 e. The summed E-state index contributed by atoms with van der Waals surface area (Å²) < 4.78 is 0. The number of rotatable bonds is 3. The van der Waals surface area contributed by atoms with E-state index in [2.05, 4.69) is 4.98 Å². The van der Waals surface area contributed by atoms with Gasteiger partial charge in [0.1, 0.15) is 5.69 Å². The van der Waals surface area contributed by atoms with E-state index in [1.807, 2.05) is 0 Å². The van der Waals surface area contributed by atoms with E-state index < -0.39 is 5.91 Å². The Labute approximate surface area is 120 Å². The summed E-state index contributed by atoms with van der Waals surface area (Å²) in [6.07, 6.45) is 1.97. The molecule has 0 fully saturated rings. The number of carbonyl (C=O) groups excluding carboxylic acids is 1. The highest BCUT2D eigenvalue weighted by atomic mass is 35.5. The van der Waals surface area contributed by atoms with Crippen LogP contribution >= 0.6 is 23.2 Å². The van der Waals surface area contributed by atoms with Crippen molar-refractivity contribution in [3.8, 4) is 0 Å². The maximum absolute atomic E-state index is 11.1. The van der Waals surface area contributed by atoms with Gasteiger partial charge in [0, 0.05) is 18.3 Å². The number of hydrogen-bond donors (Lipinski definition) is 2. The van der Waals surface area contributed by atoms with Gasteiger partial charge in [-0.3, -0.25) is 9.78 Å². The van der Waals surface area contributed by atoms with E-state index in [-0.39, 0.29) is 5.69 Å². The molecule has 0 aliphatic carbocycles. The van der Waals surface area contributed by atoms with Crippen molar-refractivity contribution in [3.05, 3.63) is 57.3 Å². The largest absolute Gasteiger partial charge is 0.398 e. The van der Waals surface area contributed by atoms with E-state index in [9.17, 15) is 4.79 Å². The number of amides is 1. The van der Waals surface area contributed by atoms with Crippen molar-refractivity contribution < 1.29 is 4.79 Å². The van der Waals surface area contributed by atoms with Crippen molar-refractivity contribution in [2.24, 2.45) is 5.73 Å². The molecule has 4 nitrogen and oxygen atoms in total. The van der Waals surface area contributed by atoms with Gasteiger partial charge in [-0.05, 0) is 35.4 Å². The molecule has 0 bridgehead atoms. The third-order valence-electron chi connectivity index (χ3n) is 2.69. The minimum Gasteiger partial charge on any atom is -0.398 e. The predicted molar refractivity (Wildman–Crippen MR) is 76.4 cm³/mol. The quantitative estimate of drug-likeness (QED) is 0.854. The number of nitrogen functional groups attached to an aromatic ring is 1. The summed E-state index contributed by atoms with van der Waals surface area (Å²) in [7, 11) is 0. The van der Waals surface area contributed by atoms with Crippen LogP contribution in [0.4, 0.5) is 5.69 Å². The van der Waals surface area contributed by atoms with E-state index in [1.54, 1.807) is 24.3 Å². The second kappa shape index (κ2) is 5.47. The zero-order chi connectivity index (χ0) is 14.0. The fourth-order valence-corrected chi connectivity index (χ4v) is 2.13. The number of hydrogen-bond acceptors (Lipinski definition) is 3. The molecule has 1 amide bonds. The molecule has 0 spiro atoms. The van der Waals surface area contributed by atoms with Gasteiger partial charge in [-0.25, -0.2) is 0 Å². The highest BCUT2D eigenvalue weighted by Gasteiger charge is 2.11. The molecule has 0 saturated heterocycles. The van der Waals surface area contributed by atoms with Crippen molar-refractivity contribution in [1.29, 1.82) is 0 Å². The van der Waals surface area contributed by atoms with Crippen LogP contribution in [0.1, 0.15) is 21.6 Å². The molecule has 0 aliphatic rings. The number of anilines is 1. The monoisotopic (exact) mass is 295 g/mol. The first-order chi connectivity index (χ1) is 8.99. The molecule has 0 unspecified atom stereocenters. The average molecular weight is 296 g/mol. The molecule has 2 rings (SSSR count). The number of nitrogens with zero attached hydrogens (tertiary/aromatic N) is 1. The molecule has 1 aromatic heterocycles. The Bertz CT molecular complexity index is 644. The lowest BCUT2D eigenvalue weighted by Crippen LogP contribution is -2.13. The molecule has 0 aliphatic heterocycles. The van der Waals surface area contributed by atoms with Gasteiger partial charge in [-0.2, -0.15) is 0 Å². The third kappa shape index (κ3) is 2.97.